The molecule has 0 spiro atoms. The molecule has 19 heavy (non-hydrogen) atoms. The van der Waals surface area contributed by atoms with Crippen molar-refractivity contribution in [1.29, 1.82) is 0 Å². The molecule has 0 amide bonds. The number of hydrogen-bond acceptors (Lipinski definition) is 2. The molecular weight excluding hydrogens is 236 g/mol. The first-order valence-corrected chi connectivity index (χ1v) is 7.41. The molecule has 0 aliphatic heterocycles. The highest BCUT2D eigenvalue weighted by molar-refractivity contribution is 5.30. The minimum Gasteiger partial charge on any atom is -0.497 e. The molecule has 0 aliphatic rings. The van der Waals surface area contributed by atoms with Gasteiger partial charge >= 0.3 is 0 Å². The van der Waals surface area contributed by atoms with Gasteiger partial charge in [0.2, 0.25) is 0 Å². The van der Waals surface area contributed by atoms with Gasteiger partial charge in [0, 0.05) is 0 Å². The molecule has 0 saturated carbocycles. The Balaban J connectivity index is 2.48. The second-order valence-electron chi connectivity index (χ2n) is 5.50. The molecule has 2 heteroatoms. The van der Waals surface area contributed by atoms with Crippen LogP contribution in [-0.2, 0) is 0 Å². The van der Waals surface area contributed by atoms with E-state index in [9.17, 15) is 5.11 Å². The van der Waals surface area contributed by atoms with Crippen LogP contribution in [0.5, 0.6) is 5.75 Å². The van der Waals surface area contributed by atoms with Crippen LogP contribution in [0.3, 0.4) is 0 Å². The number of hydrogen-bond donors (Lipinski definition) is 1. The standard InChI is InChI=1S/C17H28O2/c1-5-17(18,6-2)12-8-9-14(3)15-10-7-11-16(13-15)19-4/h7,10-11,13-14,18H,5-6,8-9,12H2,1-4H3. The third-order valence-electron chi connectivity index (χ3n) is 4.26. The molecule has 0 aliphatic carbocycles. The fourth-order valence-electron chi connectivity index (χ4n) is 2.46. The van der Waals surface area contributed by atoms with E-state index in [1.54, 1.807) is 7.11 Å². The molecule has 0 heterocycles. The fraction of sp³-hybridized carbons (Fsp3) is 0.647. The molecule has 0 aromatic heterocycles. The lowest BCUT2D eigenvalue weighted by molar-refractivity contribution is 0.0209. The van der Waals surface area contributed by atoms with Crippen LogP contribution in [0.25, 0.3) is 0 Å². The number of benzene rings is 1. The largest absolute Gasteiger partial charge is 0.497 e. The van der Waals surface area contributed by atoms with Crippen LogP contribution in [0, 0.1) is 0 Å². The van der Waals surface area contributed by atoms with Crippen molar-refractivity contribution >= 4 is 0 Å². The topological polar surface area (TPSA) is 29.5 Å². The van der Waals surface area contributed by atoms with E-state index < -0.39 is 5.60 Å². The van der Waals surface area contributed by atoms with Gasteiger partial charge in [-0.1, -0.05) is 32.9 Å². The highest BCUT2D eigenvalue weighted by atomic mass is 16.5. The zero-order valence-electron chi connectivity index (χ0n) is 12.8. The molecule has 1 unspecified atom stereocenters. The molecule has 0 saturated heterocycles. The third-order valence-corrected chi connectivity index (χ3v) is 4.26. The molecule has 108 valence electrons. The van der Waals surface area contributed by atoms with Crippen molar-refractivity contribution < 1.29 is 9.84 Å². The second kappa shape index (κ2) is 7.54. The summed E-state index contributed by atoms with van der Waals surface area (Å²) in [7, 11) is 1.70. The average Bonchev–Trinajstić information content (AvgIpc) is 2.46. The number of rotatable bonds is 8. The maximum absolute atomic E-state index is 10.3. The van der Waals surface area contributed by atoms with E-state index in [-0.39, 0.29) is 0 Å². The van der Waals surface area contributed by atoms with Gasteiger partial charge in [0.25, 0.3) is 0 Å². The smallest absolute Gasteiger partial charge is 0.119 e. The first-order chi connectivity index (χ1) is 9.04. The van der Waals surface area contributed by atoms with Crippen molar-refractivity contribution in [3.63, 3.8) is 0 Å². The van der Waals surface area contributed by atoms with Crippen LogP contribution in [0.4, 0.5) is 0 Å². The van der Waals surface area contributed by atoms with E-state index in [0.717, 1.165) is 37.9 Å². The second-order valence-corrected chi connectivity index (χ2v) is 5.50. The molecular formula is C17H28O2. The molecule has 0 radical (unpaired) electrons. The van der Waals surface area contributed by atoms with Crippen LogP contribution in [-0.4, -0.2) is 17.8 Å². The summed E-state index contributed by atoms with van der Waals surface area (Å²) in [5, 5.41) is 10.3. The normalized spacial score (nSPS) is 13.3. The first-order valence-electron chi connectivity index (χ1n) is 7.41. The van der Waals surface area contributed by atoms with Crippen molar-refractivity contribution in [3.8, 4) is 5.75 Å². The minimum atomic E-state index is -0.464. The quantitative estimate of drug-likeness (QED) is 0.748. The van der Waals surface area contributed by atoms with Gasteiger partial charge in [-0.05, 0) is 55.7 Å². The zero-order valence-corrected chi connectivity index (χ0v) is 12.8. The van der Waals surface area contributed by atoms with Crippen LogP contribution < -0.4 is 4.74 Å². The van der Waals surface area contributed by atoms with Crippen LogP contribution in [0.2, 0.25) is 0 Å². The Morgan fingerprint density at radius 3 is 2.53 bits per heavy atom. The average molecular weight is 264 g/mol. The summed E-state index contributed by atoms with van der Waals surface area (Å²) >= 11 is 0. The fourth-order valence-corrected chi connectivity index (χ4v) is 2.46. The van der Waals surface area contributed by atoms with Crippen molar-refractivity contribution in [1.82, 2.24) is 0 Å². The summed E-state index contributed by atoms with van der Waals surface area (Å²) in [6, 6.07) is 8.28. The Labute approximate surface area is 117 Å². The lowest BCUT2D eigenvalue weighted by Gasteiger charge is -2.25. The summed E-state index contributed by atoms with van der Waals surface area (Å²) in [5.74, 6) is 1.43. The Morgan fingerprint density at radius 2 is 1.95 bits per heavy atom. The van der Waals surface area contributed by atoms with Crippen molar-refractivity contribution in [2.75, 3.05) is 7.11 Å². The van der Waals surface area contributed by atoms with Crippen LogP contribution in [0.15, 0.2) is 24.3 Å². The van der Waals surface area contributed by atoms with Gasteiger partial charge < -0.3 is 9.84 Å². The predicted molar refractivity (Wildman–Crippen MR) is 80.8 cm³/mol. The van der Waals surface area contributed by atoms with E-state index in [0.29, 0.717) is 5.92 Å². The van der Waals surface area contributed by atoms with Gasteiger partial charge in [-0.15, -0.1) is 0 Å². The summed E-state index contributed by atoms with van der Waals surface area (Å²) in [5.41, 5.74) is 0.851. The zero-order chi connectivity index (χ0) is 14.3. The van der Waals surface area contributed by atoms with Gasteiger partial charge in [-0.2, -0.15) is 0 Å². The Bertz CT molecular complexity index is 369. The van der Waals surface area contributed by atoms with E-state index in [4.69, 9.17) is 4.74 Å². The van der Waals surface area contributed by atoms with Gasteiger partial charge in [0.05, 0.1) is 12.7 Å². The SMILES string of the molecule is CCC(O)(CC)CCCC(C)c1cccc(OC)c1. The van der Waals surface area contributed by atoms with Crippen LogP contribution in [0.1, 0.15) is 64.4 Å². The van der Waals surface area contributed by atoms with Gasteiger partial charge in [0.1, 0.15) is 5.75 Å². The number of methoxy groups -OCH3 is 1. The Morgan fingerprint density at radius 1 is 1.26 bits per heavy atom. The van der Waals surface area contributed by atoms with E-state index >= 15 is 0 Å². The summed E-state index contributed by atoms with van der Waals surface area (Å²) in [6.45, 7) is 6.37. The molecule has 1 rings (SSSR count). The van der Waals surface area contributed by atoms with Crippen molar-refractivity contribution in [2.24, 2.45) is 0 Å². The van der Waals surface area contributed by atoms with E-state index in [1.165, 1.54) is 5.56 Å². The molecule has 0 fully saturated rings. The van der Waals surface area contributed by atoms with Crippen molar-refractivity contribution in [2.45, 2.75) is 64.4 Å². The van der Waals surface area contributed by atoms with Gasteiger partial charge in [-0.3, -0.25) is 0 Å². The molecule has 1 aromatic rings. The number of ether oxygens (including phenoxy) is 1. The molecule has 1 atom stereocenters. The Hall–Kier alpha value is -1.02. The molecule has 1 N–H and O–H groups in total. The number of aliphatic hydroxyl groups is 1. The van der Waals surface area contributed by atoms with E-state index in [1.807, 2.05) is 12.1 Å². The third kappa shape index (κ3) is 4.87. The summed E-state index contributed by atoms with van der Waals surface area (Å²) < 4.78 is 5.26. The molecule has 2 nitrogen and oxygen atoms in total. The van der Waals surface area contributed by atoms with Crippen LogP contribution >= 0.6 is 0 Å². The first kappa shape index (κ1) is 16.0. The Kier molecular flexibility index (Phi) is 6.36. The maximum Gasteiger partial charge on any atom is 0.119 e. The predicted octanol–water partition coefficient (Wildman–Crippen LogP) is 4.52. The molecule has 0 bridgehead atoms. The monoisotopic (exact) mass is 264 g/mol. The molecule has 1 aromatic carbocycles. The highest BCUT2D eigenvalue weighted by Gasteiger charge is 2.21. The van der Waals surface area contributed by atoms with Gasteiger partial charge in [0.15, 0.2) is 0 Å². The highest BCUT2D eigenvalue weighted by Crippen LogP contribution is 2.28. The van der Waals surface area contributed by atoms with E-state index in [2.05, 4.69) is 32.9 Å². The minimum absolute atomic E-state index is 0.464. The van der Waals surface area contributed by atoms with Gasteiger partial charge in [-0.25, -0.2) is 0 Å². The maximum atomic E-state index is 10.3. The lowest BCUT2D eigenvalue weighted by Crippen LogP contribution is -2.26. The summed E-state index contributed by atoms with van der Waals surface area (Å²) in [6.07, 6.45) is 4.76. The summed E-state index contributed by atoms with van der Waals surface area (Å²) in [4.78, 5) is 0. The van der Waals surface area contributed by atoms with Crippen molar-refractivity contribution in [3.05, 3.63) is 29.8 Å². The lowest BCUT2D eigenvalue weighted by atomic mass is 9.88.